The number of anilines is 2. The summed E-state index contributed by atoms with van der Waals surface area (Å²) >= 11 is 0. The third-order valence-corrected chi connectivity index (χ3v) is 6.46. The Morgan fingerprint density at radius 1 is 1.12 bits per heavy atom. The van der Waals surface area contributed by atoms with Crippen molar-refractivity contribution in [3.05, 3.63) is 53.8 Å². The van der Waals surface area contributed by atoms with E-state index < -0.39 is 0 Å². The molecule has 2 amide bonds. The van der Waals surface area contributed by atoms with Crippen LogP contribution >= 0.6 is 0 Å². The van der Waals surface area contributed by atoms with Crippen LogP contribution in [-0.4, -0.2) is 55.9 Å². The Hall–Kier alpha value is -2.80. The Labute approximate surface area is 195 Å². The van der Waals surface area contributed by atoms with Gasteiger partial charge >= 0.3 is 6.03 Å². The molecular weight excluding hydrogens is 421 g/mol. The summed E-state index contributed by atoms with van der Waals surface area (Å²) < 4.78 is 26.0. The monoisotopic (exact) mass is 455 g/mol. The summed E-state index contributed by atoms with van der Waals surface area (Å²) in [5.41, 5.74) is 2.60. The minimum absolute atomic E-state index is 0.0306. The highest BCUT2D eigenvalue weighted by molar-refractivity contribution is 5.91. The van der Waals surface area contributed by atoms with Crippen molar-refractivity contribution < 1.29 is 18.7 Å². The minimum atomic E-state index is -0.319. The maximum absolute atomic E-state index is 14.3. The maximum Gasteiger partial charge on any atom is 0.324 e. The molecule has 3 atom stereocenters. The van der Waals surface area contributed by atoms with Crippen LogP contribution in [0.25, 0.3) is 0 Å². The van der Waals surface area contributed by atoms with Crippen molar-refractivity contribution >= 4 is 17.4 Å². The maximum atomic E-state index is 14.3. The first-order chi connectivity index (χ1) is 15.8. The number of likely N-dealkylation sites (tertiary alicyclic amines) is 1. The van der Waals surface area contributed by atoms with Gasteiger partial charge in [-0.3, -0.25) is 4.90 Å². The molecule has 0 bridgehead atoms. The predicted octanol–water partition coefficient (Wildman–Crippen LogP) is 5.06. The third kappa shape index (κ3) is 5.58. The van der Waals surface area contributed by atoms with E-state index in [2.05, 4.69) is 11.8 Å². The fourth-order valence-corrected chi connectivity index (χ4v) is 4.71. The van der Waals surface area contributed by atoms with Crippen molar-refractivity contribution in [1.29, 1.82) is 0 Å². The van der Waals surface area contributed by atoms with Gasteiger partial charge in [0.1, 0.15) is 18.2 Å². The first-order valence-electron chi connectivity index (χ1n) is 11.8. The van der Waals surface area contributed by atoms with Crippen molar-refractivity contribution in [2.45, 2.75) is 58.5 Å². The molecule has 0 saturated carbocycles. The number of nitrogens with zero attached hydrogens (tertiary/aromatic N) is 3. The van der Waals surface area contributed by atoms with Gasteiger partial charge in [-0.1, -0.05) is 12.1 Å². The molecule has 3 unspecified atom stereocenters. The molecular formula is C26H34FN3O3. The Morgan fingerprint density at radius 3 is 2.45 bits per heavy atom. The fraction of sp³-hybridized carbons (Fsp3) is 0.500. The second kappa shape index (κ2) is 10.00. The quantitative estimate of drug-likeness (QED) is 0.632. The van der Waals surface area contributed by atoms with Crippen molar-refractivity contribution in [3.8, 4) is 5.75 Å². The average Bonchev–Trinajstić information content (AvgIpc) is 3.22. The van der Waals surface area contributed by atoms with Crippen LogP contribution in [0.1, 0.15) is 39.2 Å². The van der Waals surface area contributed by atoms with E-state index in [-0.39, 0.29) is 30.1 Å². The summed E-state index contributed by atoms with van der Waals surface area (Å²) in [4.78, 5) is 18.5. The lowest BCUT2D eigenvalue weighted by Crippen LogP contribution is -2.45. The van der Waals surface area contributed by atoms with E-state index in [0.29, 0.717) is 12.4 Å². The van der Waals surface area contributed by atoms with Gasteiger partial charge in [0.05, 0.1) is 12.2 Å². The molecule has 2 aromatic carbocycles. The van der Waals surface area contributed by atoms with E-state index in [4.69, 9.17) is 9.47 Å². The normalized spacial score (nSPS) is 23.0. The highest BCUT2D eigenvalue weighted by Gasteiger charge is 2.28. The third-order valence-electron chi connectivity index (χ3n) is 6.46. The molecule has 6 nitrogen and oxygen atoms in total. The smallest absolute Gasteiger partial charge is 0.324 e. The number of morpholine rings is 1. The summed E-state index contributed by atoms with van der Waals surface area (Å²) in [6.45, 7) is 8.72. The molecule has 0 spiro atoms. The molecule has 0 aliphatic carbocycles. The highest BCUT2D eigenvalue weighted by atomic mass is 19.1. The molecule has 2 heterocycles. The Balaban J connectivity index is 1.38. The van der Waals surface area contributed by atoms with Gasteiger partial charge in [-0.05, 0) is 57.4 Å². The predicted molar refractivity (Wildman–Crippen MR) is 129 cm³/mol. The highest BCUT2D eigenvalue weighted by Crippen LogP contribution is 2.27. The lowest BCUT2D eigenvalue weighted by Gasteiger charge is -2.37. The zero-order valence-corrected chi connectivity index (χ0v) is 20.0. The molecule has 2 aliphatic heterocycles. The number of carbonyl (C=O) groups excluding carboxylic acids is 1. The number of urea groups is 1. The number of ether oxygens (including phenoxy) is 2. The van der Waals surface area contributed by atoms with Gasteiger partial charge in [-0.25, -0.2) is 9.18 Å². The van der Waals surface area contributed by atoms with Gasteiger partial charge < -0.3 is 19.3 Å². The molecule has 2 aromatic rings. The van der Waals surface area contributed by atoms with E-state index in [1.807, 2.05) is 49.1 Å². The molecule has 178 valence electrons. The van der Waals surface area contributed by atoms with E-state index >= 15 is 0 Å². The summed E-state index contributed by atoms with van der Waals surface area (Å²) in [6, 6.07) is 12.9. The zero-order valence-electron chi connectivity index (χ0n) is 20.0. The van der Waals surface area contributed by atoms with E-state index in [1.54, 1.807) is 18.0 Å². The number of hydrogen-bond acceptors (Lipinski definition) is 4. The van der Waals surface area contributed by atoms with E-state index in [9.17, 15) is 9.18 Å². The lowest BCUT2D eigenvalue weighted by molar-refractivity contribution is -0.00525. The molecule has 2 saturated heterocycles. The molecule has 2 aliphatic rings. The number of hydrogen-bond donors (Lipinski definition) is 0. The molecule has 7 heteroatoms. The Kier molecular flexibility index (Phi) is 7.08. The van der Waals surface area contributed by atoms with E-state index in [1.165, 1.54) is 6.07 Å². The van der Waals surface area contributed by atoms with Crippen molar-refractivity contribution in [3.63, 3.8) is 0 Å². The molecule has 0 aromatic heterocycles. The first-order valence-corrected chi connectivity index (χ1v) is 11.8. The van der Waals surface area contributed by atoms with Gasteiger partial charge in [0.15, 0.2) is 0 Å². The van der Waals surface area contributed by atoms with Crippen LogP contribution in [0.3, 0.4) is 0 Å². The second-order valence-electron chi connectivity index (χ2n) is 9.29. The van der Waals surface area contributed by atoms with Gasteiger partial charge in [0.25, 0.3) is 0 Å². The molecule has 2 fully saturated rings. The van der Waals surface area contributed by atoms with Gasteiger partial charge in [-0.15, -0.1) is 0 Å². The number of rotatable bonds is 5. The van der Waals surface area contributed by atoms with Crippen LogP contribution in [0, 0.1) is 5.82 Å². The molecule has 0 radical (unpaired) electrons. The molecule has 33 heavy (non-hydrogen) atoms. The SMILES string of the molecule is CC1CN(c2cc(F)cc(OCc3ccc(N(C)C(=O)N4CCCC4C)cc3)c2)CC(C)O1. The Morgan fingerprint density at radius 2 is 1.82 bits per heavy atom. The number of benzene rings is 2. The zero-order chi connectivity index (χ0) is 23.5. The Bertz CT molecular complexity index is 958. The second-order valence-corrected chi connectivity index (χ2v) is 9.29. The van der Waals surface area contributed by atoms with Gasteiger partial charge in [0, 0.05) is 56.2 Å². The number of amides is 2. The average molecular weight is 456 g/mol. The van der Waals surface area contributed by atoms with Gasteiger partial charge in [0.2, 0.25) is 0 Å². The van der Waals surface area contributed by atoms with Crippen LogP contribution < -0.4 is 14.5 Å². The van der Waals surface area contributed by atoms with Crippen LogP contribution in [-0.2, 0) is 11.3 Å². The number of carbonyl (C=O) groups is 1. The number of halogens is 1. The van der Waals surface area contributed by atoms with Crippen molar-refractivity contribution in [2.75, 3.05) is 36.5 Å². The summed E-state index contributed by atoms with van der Waals surface area (Å²) in [7, 11) is 1.81. The standard InChI is InChI=1S/C26H34FN3O3/c1-18-6-5-11-30(18)26(31)28(4)23-9-7-21(8-10-23)17-32-25-13-22(27)12-24(14-25)29-15-19(2)33-20(3)16-29/h7-10,12-14,18-20H,5-6,11,15-17H2,1-4H3. The van der Waals surface area contributed by atoms with Gasteiger partial charge in [-0.2, -0.15) is 0 Å². The largest absolute Gasteiger partial charge is 0.489 e. The van der Waals surface area contributed by atoms with E-state index in [0.717, 1.165) is 49.4 Å². The fourth-order valence-electron chi connectivity index (χ4n) is 4.71. The minimum Gasteiger partial charge on any atom is -0.489 e. The van der Waals surface area contributed by atoms with Crippen molar-refractivity contribution in [1.82, 2.24) is 4.90 Å². The topological polar surface area (TPSA) is 45.2 Å². The summed E-state index contributed by atoms with van der Waals surface area (Å²) in [5.74, 6) is 0.178. The molecule has 0 N–H and O–H groups in total. The van der Waals surface area contributed by atoms with Crippen molar-refractivity contribution in [2.24, 2.45) is 0 Å². The first kappa shape index (κ1) is 23.4. The summed E-state index contributed by atoms with van der Waals surface area (Å²) in [5, 5.41) is 0. The summed E-state index contributed by atoms with van der Waals surface area (Å²) in [6.07, 6.45) is 2.31. The van der Waals surface area contributed by atoms with Crippen LogP contribution in [0.5, 0.6) is 5.75 Å². The van der Waals surface area contributed by atoms with Crippen LogP contribution in [0.15, 0.2) is 42.5 Å². The lowest BCUT2D eigenvalue weighted by atomic mass is 10.2. The van der Waals surface area contributed by atoms with Crippen LogP contribution in [0.2, 0.25) is 0 Å². The van der Waals surface area contributed by atoms with Crippen LogP contribution in [0.4, 0.5) is 20.6 Å². The molecule has 4 rings (SSSR count).